The van der Waals surface area contributed by atoms with Gasteiger partial charge in [0.1, 0.15) is 17.2 Å². The molecule has 28 heavy (non-hydrogen) atoms. The van der Waals surface area contributed by atoms with Crippen LogP contribution in [0.3, 0.4) is 0 Å². The van der Waals surface area contributed by atoms with Crippen LogP contribution in [0.25, 0.3) is 11.4 Å². The van der Waals surface area contributed by atoms with Gasteiger partial charge in [0.05, 0.1) is 26.4 Å². The van der Waals surface area contributed by atoms with Crippen LogP contribution in [0.2, 0.25) is 0 Å². The molecule has 2 aromatic carbocycles. The van der Waals surface area contributed by atoms with E-state index in [9.17, 15) is 0 Å². The van der Waals surface area contributed by atoms with E-state index in [-0.39, 0.29) is 0 Å². The predicted octanol–water partition coefficient (Wildman–Crippen LogP) is 4.32. The highest BCUT2D eigenvalue weighted by molar-refractivity contribution is 7.99. The SMILES string of the molecule is C=CCn1c(SCCOc2ccc(OC)cc2)nnc1-c1ccccc1OC. The number of methoxy groups -OCH3 is 2. The first-order chi connectivity index (χ1) is 13.8. The lowest BCUT2D eigenvalue weighted by Crippen LogP contribution is -2.04. The van der Waals surface area contributed by atoms with Gasteiger partial charge >= 0.3 is 0 Å². The summed E-state index contributed by atoms with van der Waals surface area (Å²) >= 11 is 1.59. The Labute approximate surface area is 169 Å². The molecule has 0 aliphatic carbocycles. The molecule has 0 fully saturated rings. The molecule has 0 aliphatic rings. The van der Waals surface area contributed by atoms with Crippen molar-refractivity contribution >= 4 is 11.8 Å². The number of nitrogens with zero attached hydrogens (tertiary/aromatic N) is 3. The molecule has 1 heterocycles. The molecule has 0 spiro atoms. The third kappa shape index (κ3) is 4.67. The van der Waals surface area contributed by atoms with Crippen molar-refractivity contribution in [2.45, 2.75) is 11.7 Å². The zero-order valence-electron chi connectivity index (χ0n) is 16.0. The summed E-state index contributed by atoms with van der Waals surface area (Å²) in [5.74, 6) is 3.88. The average molecular weight is 398 g/mol. The van der Waals surface area contributed by atoms with Gasteiger partial charge in [0.25, 0.3) is 0 Å². The first-order valence-corrected chi connectivity index (χ1v) is 9.82. The fraction of sp³-hybridized carbons (Fsp3) is 0.238. The maximum absolute atomic E-state index is 5.78. The van der Waals surface area contributed by atoms with Crippen LogP contribution in [0.1, 0.15) is 0 Å². The second kappa shape index (κ2) is 9.85. The lowest BCUT2D eigenvalue weighted by molar-refractivity contribution is 0.342. The van der Waals surface area contributed by atoms with Crippen LogP contribution in [0.4, 0.5) is 0 Å². The second-order valence-electron chi connectivity index (χ2n) is 5.78. The van der Waals surface area contributed by atoms with Gasteiger partial charge in [0.15, 0.2) is 11.0 Å². The minimum absolute atomic E-state index is 0.557. The molecule has 3 rings (SSSR count). The minimum atomic E-state index is 0.557. The monoisotopic (exact) mass is 397 g/mol. The molecule has 0 bridgehead atoms. The summed E-state index contributed by atoms with van der Waals surface area (Å²) in [5, 5.41) is 9.55. The number of hydrogen-bond donors (Lipinski definition) is 0. The topological polar surface area (TPSA) is 58.4 Å². The molecule has 1 aromatic heterocycles. The fourth-order valence-corrected chi connectivity index (χ4v) is 3.45. The first kappa shape index (κ1) is 19.8. The van der Waals surface area contributed by atoms with E-state index in [4.69, 9.17) is 14.2 Å². The number of ether oxygens (including phenoxy) is 3. The van der Waals surface area contributed by atoms with Crippen molar-refractivity contribution in [1.29, 1.82) is 0 Å². The number of rotatable bonds is 10. The molecule has 146 valence electrons. The van der Waals surface area contributed by atoms with Gasteiger partial charge in [-0.15, -0.1) is 16.8 Å². The Balaban J connectivity index is 1.66. The molecule has 0 atom stereocenters. The maximum Gasteiger partial charge on any atom is 0.191 e. The number of thioether (sulfide) groups is 1. The van der Waals surface area contributed by atoms with Crippen LogP contribution < -0.4 is 14.2 Å². The van der Waals surface area contributed by atoms with E-state index < -0.39 is 0 Å². The summed E-state index contributed by atoms with van der Waals surface area (Å²) < 4.78 is 18.4. The zero-order chi connectivity index (χ0) is 19.8. The molecule has 0 saturated carbocycles. The van der Waals surface area contributed by atoms with E-state index in [1.807, 2.05) is 59.2 Å². The summed E-state index contributed by atoms with van der Waals surface area (Å²) in [7, 11) is 3.30. The maximum atomic E-state index is 5.78. The quantitative estimate of drug-likeness (QED) is 0.288. The van der Waals surface area contributed by atoms with E-state index in [0.717, 1.165) is 39.5 Å². The van der Waals surface area contributed by atoms with Crippen LogP contribution in [-0.2, 0) is 6.54 Å². The van der Waals surface area contributed by atoms with Gasteiger partial charge in [-0.3, -0.25) is 4.57 Å². The number of hydrogen-bond acceptors (Lipinski definition) is 6. The molecule has 0 radical (unpaired) electrons. The summed E-state index contributed by atoms with van der Waals surface area (Å²) in [6.07, 6.45) is 1.83. The standard InChI is InChI=1S/C21H23N3O3S/c1-4-13-24-20(18-7-5-6-8-19(18)26-3)22-23-21(24)28-15-14-27-17-11-9-16(25-2)10-12-17/h4-12H,1,13-15H2,2-3H3. The van der Waals surface area contributed by atoms with Crippen molar-refractivity contribution in [3.63, 3.8) is 0 Å². The molecule has 0 unspecified atom stereocenters. The van der Waals surface area contributed by atoms with E-state index in [2.05, 4.69) is 16.8 Å². The van der Waals surface area contributed by atoms with Crippen LogP contribution >= 0.6 is 11.8 Å². The molecular weight excluding hydrogens is 374 g/mol. The van der Waals surface area contributed by atoms with Crippen LogP contribution in [0.5, 0.6) is 17.2 Å². The number of para-hydroxylation sites is 1. The molecule has 0 aliphatic heterocycles. The zero-order valence-corrected chi connectivity index (χ0v) is 16.8. The Hall–Kier alpha value is -2.93. The van der Waals surface area contributed by atoms with Crippen molar-refractivity contribution in [2.24, 2.45) is 0 Å². The normalized spacial score (nSPS) is 10.5. The number of benzene rings is 2. The van der Waals surface area contributed by atoms with Crippen molar-refractivity contribution in [1.82, 2.24) is 14.8 Å². The van der Waals surface area contributed by atoms with Crippen molar-refractivity contribution in [3.8, 4) is 28.6 Å². The molecule has 6 nitrogen and oxygen atoms in total. The fourth-order valence-electron chi connectivity index (χ4n) is 2.68. The number of allylic oxidation sites excluding steroid dienone is 1. The Morgan fingerprint density at radius 2 is 1.75 bits per heavy atom. The third-order valence-electron chi connectivity index (χ3n) is 4.02. The van der Waals surface area contributed by atoms with Gasteiger partial charge in [0, 0.05) is 12.3 Å². The minimum Gasteiger partial charge on any atom is -0.497 e. The summed E-state index contributed by atoms with van der Waals surface area (Å²) in [6.45, 7) is 5.02. The molecule has 3 aromatic rings. The average Bonchev–Trinajstić information content (AvgIpc) is 3.14. The molecule has 0 amide bonds. The van der Waals surface area contributed by atoms with Crippen LogP contribution in [-0.4, -0.2) is 41.3 Å². The molecule has 7 heteroatoms. The van der Waals surface area contributed by atoms with E-state index in [0.29, 0.717) is 13.2 Å². The molecular formula is C21H23N3O3S. The van der Waals surface area contributed by atoms with Gasteiger partial charge in [-0.2, -0.15) is 0 Å². The van der Waals surface area contributed by atoms with E-state index in [1.54, 1.807) is 26.0 Å². The summed E-state index contributed by atoms with van der Waals surface area (Å²) in [5.41, 5.74) is 0.903. The van der Waals surface area contributed by atoms with E-state index >= 15 is 0 Å². The lowest BCUT2D eigenvalue weighted by Gasteiger charge is -2.11. The smallest absolute Gasteiger partial charge is 0.191 e. The predicted molar refractivity (Wildman–Crippen MR) is 111 cm³/mol. The van der Waals surface area contributed by atoms with Crippen LogP contribution in [0.15, 0.2) is 66.3 Å². The summed E-state index contributed by atoms with van der Waals surface area (Å²) in [4.78, 5) is 0. The van der Waals surface area contributed by atoms with Crippen molar-refractivity contribution < 1.29 is 14.2 Å². The third-order valence-corrected chi connectivity index (χ3v) is 4.95. The van der Waals surface area contributed by atoms with Gasteiger partial charge in [-0.25, -0.2) is 0 Å². The molecule has 0 saturated heterocycles. The highest BCUT2D eigenvalue weighted by Crippen LogP contribution is 2.31. The summed E-state index contributed by atoms with van der Waals surface area (Å²) in [6, 6.07) is 15.3. The Morgan fingerprint density at radius 3 is 2.46 bits per heavy atom. The van der Waals surface area contributed by atoms with Crippen molar-refractivity contribution in [2.75, 3.05) is 26.6 Å². The number of aromatic nitrogens is 3. The van der Waals surface area contributed by atoms with Crippen LogP contribution in [0, 0.1) is 0 Å². The lowest BCUT2D eigenvalue weighted by atomic mass is 10.2. The Kier molecular flexibility index (Phi) is 6.97. The van der Waals surface area contributed by atoms with Crippen molar-refractivity contribution in [3.05, 3.63) is 61.2 Å². The van der Waals surface area contributed by atoms with E-state index in [1.165, 1.54) is 0 Å². The highest BCUT2D eigenvalue weighted by Gasteiger charge is 2.16. The second-order valence-corrected chi connectivity index (χ2v) is 6.84. The van der Waals surface area contributed by atoms with Gasteiger partial charge in [0.2, 0.25) is 0 Å². The Morgan fingerprint density at radius 1 is 1.00 bits per heavy atom. The van der Waals surface area contributed by atoms with Gasteiger partial charge < -0.3 is 14.2 Å². The molecule has 0 N–H and O–H groups in total. The first-order valence-electron chi connectivity index (χ1n) is 8.84. The highest BCUT2D eigenvalue weighted by atomic mass is 32.2. The Bertz CT molecular complexity index is 910. The largest absolute Gasteiger partial charge is 0.497 e. The van der Waals surface area contributed by atoms with Gasteiger partial charge in [-0.1, -0.05) is 30.0 Å². The van der Waals surface area contributed by atoms with Gasteiger partial charge in [-0.05, 0) is 36.4 Å².